The Balaban J connectivity index is 1.43. The van der Waals surface area contributed by atoms with Crippen molar-refractivity contribution in [1.29, 1.82) is 0 Å². The number of aliphatic hydroxyl groups is 1. The van der Waals surface area contributed by atoms with Crippen molar-refractivity contribution in [1.82, 2.24) is 9.47 Å². The van der Waals surface area contributed by atoms with Crippen molar-refractivity contribution in [2.24, 2.45) is 0 Å². The van der Waals surface area contributed by atoms with Gasteiger partial charge in [-0.05, 0) is 62.1 Å². The Morgan fingerprint density at radius 3 is 1.72 bits per heavy atom. The number of aromatic nitrogens is 1. The van der Waals surface area contributed by atoms with Crippen LogP contribution in [0.3, 0.4) is 0 Å². The van der Waals surface area contributed by atoms with E-state index in [1.165, 1.54) is 86.0 Å². The Kier molecular flexibility index (Phi) is 7.27. The minimum Gasteiger partial charge on any atom is -0.390 e. The number of nitrogens with zero attached hydrogens (tertiary/aromatic N) is 2. The lowest BCUT2D eigenvalue weighted by atomic mass is 9.88. The molecule has 2 aliphatic carbocycles. The van der Waals surface area contributed by atoms with Crippen LogP contribution in [0.25, 0.3) is 21.8 Å². The highest BCUT2D eigenvalue weighted by atomic mass is 79.9. The Morgan fingerprint density at radius 2 is 1.25 bits per heavy atom. The molecule has 0 saturated heterocycles. The highest BCUT2D eigenvalue weighted by Crippen LogP contribution is 2.34. The molecule has 0 aliphatic heterocycles. The maximum atomic E-state index is 11.4. The lowest BCUT2D eigenvalue weighted by Gasteiger charge is -2.42. The fourth-order valence-corrected chi connectivity index (χ4v) is 6.90. The van der Waals surface area contributed by atoms with E-state index in [-0.39, 0.29) is 6.10 Å². The molecule has 32 heavy (non-hydrogen) atoms. The molecule has 1 N–H and O–H groups in total. The van der Waals surface area contributed by atoms with E-state index in [9.17, 15) is 5.11 Å². The zero-order valence-electron chi connectivity index (χ0n) is 18.8. The lowest BCUT2D eigenvalue weighted by Crippen LogP contribution is -2.49. The number of aliphatic hydroxyl groups excluding tert-OH is 1. The van der Waals surface area contributed by atoms with E-state index >= 15 is 0 Å². The smallest absolute Gasteiger partial charge is 0.0846 e. The molecule has 2 saturated carbocycles. The SMILES string of the molecule is OC(CN(C1CCCCC1)C1CCCCC1)Cn1c2ccc(Br)cc2c2cc(Br)ccc21. The predicted octanol–water partition coefficient (Wildman–Crippen LogP) is 7.65. The fourth-order valence-electron chi connectivity index (χ4n) is 6.18. The van der Waals surface area contributed by atoms with E-state index in [2.05, 4.69) is 77.7 Å². The van der Waals surface area contributed by atoms with Gasteiger partial charge in [0.25, 0.3) is 0 Å². The van der Waals surface area contributed by atoms with Gasteiger partial charge in [0.15, 0.2) is 0 Å². The van der Waals surface area contributed by atoms with Gasteiger partial charge in [-0.2, -0.15) is 0 Å². The molecule has 2 fully saturated rings. The summed E-state index contributed by atoms with van der Waals surface area (Å²) >= 11 is 7.28. The van der Waals surface area contributed by atoms with Crippen LogP contribution >= 0.6 is 31.9 Å². The van der Waals surface area contributed by atoms with E-state index in [1.807, 2.05) is 0 Å². The van der Waals surface area contributed by atoms with Crippen LogP contribution in [0.1, 0.15) is 64.2 Å². The van der Waals surface area contributed by atoms with Gasteiger partial charge in [-0.3, -0.25) is 4.90 Å². The van der Waals surface area contributed by atoms with Gasteiger partial charge in [-0.1, -0.05) is 70.4 Å². The quantitative estimate of drug-likeness (QED) is 0.335. The highest BCUT2D eigenvalue weighted by molar-refractivity contribution is 9.10. The summed E-state index contributed by atoms with van der Waals surface area (Å²) < 4.78 is 4.50. The summed E-state index contributed by atoms with van der Waals surface area (Å²) in [5.41, 5.74) is 2.39. The van der Waals surface area contributed by atoms with Gasteiger partial charge in [0.1, 0.15) is 0 Å². The van der Waals surface area contributed by atoms with Crippen molar-refractivity contribution >= 4 is 53.7 Å². The normalized spacial score (nSPS) is 19.9. The zero-order chi connectivity index (χ0) is 22.1. The van der Waals surface area contributed by atoms with Gasteiger partial charge < -0.3 is 9.67 Å². The number of hydrogen-bond donors (Lipinski definition) is 1. The third kappa shape index (κ3) is 4.82. The average molecular weight is 562 g/mol. The van der Waals surface area contributed by atoms with Crippen molar-refractivity contribution in [3.05, 3.63) is 45.3 Å². The zero-order valence-corrected chi connectivity index (χ0v) is 22.0. The predicted molar refractivity (Wildman–Crippen MR) is 141 cm³/mol. The van der Waals surface area contributed by atoms with Crippen LogP contribution in [0.4, 0.5) is 0 Å². The van der Waals surface area contributed by atoms with Crippen LogP contribution in [0.5, 0.6) is 0 Å². The molecular formula is C27H34Br2N2O. The number of rotatable bonds is 6. The molecule has 5 heteroatoms. The summed E-state index contributed by atoms with van der Waals surface area (Å²) in [7, 11) is 0. The van der Waals surface area contributed by atoms with E-state index in [4.69, 9.17) is 0 Å². The minimum atomic E-state index is -0.370. The molecule has 1 atom stereocenters. The number of hydrogen-bond acceptors (Lipinski definition) is 2. The van der Waals surface area contributed by atoms with Crippen LogP contribution in [-0.2, 0) is 6.54 Å². The van der Waals surface area contributed by atoms with Crippen LogP contribution in [0.15, 0.2) is 45.3 Å². The van der Waals surface area contributed by atoms with E-state index in [1.54, 1.807) is 0 Å². The van der Waals surface area contributed by atoms with Gasteiger partial charge >= 0.3 is 0 Å². The topological polar surface area (TPSA) is 28.4 Å². The average Bonchev–Trinajstić information content (AvgIpc) is 3.10. The Hall–Kier alpha value is -0.880. The second-order valence-electron chi connectivity index (χ2n) is 9.87. The molecule has 0 amide bonds. The third-order valence-corrected chi connectivity index (χ3v) is 8.68. The van der Waals surface area contributed by atoms with Crippen LogP contribution in [0, 0.1) is 0 Å². The first-order valence-electron chi connectivity index (χ1n) is 12.4. The maximum Gasteiger partial charge on any atom is 0.0846 e. The van der Waals surface area contributed by atoms with Crippen molar-refractivity contribution in [3.8, 4) is 0 Å². The number of fused-ring (bicyclic) bond motifs is 3. The maximum absolute atomic E-state index is 11.4. The highest BCUT2D eigenvalue weighted by Gasteiger charge is 2.30. The first kappa shape index (κ1) is 22.9. The Morgan fingerprint density at radius 1 is 0.781 bits per heavy atom. The summed E-state index contributed by atoms with van der Waals surface area (Å²) in [5.74, 6) is 0. The van der Waals surface area contributed by atoms with Gasteiger partial charge in [0.05, 0.1) is 12.6 Å². The molecule has 3 aromatic rings. The van der Waals surface area contributed by atoms with Gasteiger partial charge in [-0.15, -0.1) is 0 Å². The third-order valence-electron chi connectivity index (χ3n) is 7.69. The van der Waals surface area contributed by atoms with Gasteiger partial charge in [0.2, 0.25) is 0 Å². The molecule has 0 spiro atoms. The van der Waals surface area contributed by atoms with Crippen LogP contribution < -0.4 is 0 Å². The molecule has 1 unspecified atom stereocenters. The number of halogens is 2. The molecular weight excluding hydrogens is 528 g/mol. The summed E-state index contributed by atoms with van der Waals surface area (Å²) in [6.45, 7) is 1.43. The molecule has 2 aromatic carbocycles. The molecule has 2 aliphatic rings. The van der Waals surface area contributed by atoms with Crippen molar-refractivity contribution < 1.29 is 5.11 Å². The summed E-state index contributed by atoms with van der Waals surface area (Å²) in [6, 6.07) is 14.3. The van der Waals surface area contributed by atoms with Crippen LogP contribution in [0.2, 0.25) is 0 Å². The number of benzene rings is 2. The Labute approximate surface area is 208 Å². The van der Waals surface area contributed by atoms with E-state index in [0.717, 1.165) is 15.5 Å². The summed E-state index contributed by atoms with van der Waals surface area (Å²) in [5, 5.41) is 13.9. The summed E-state index contributed by atoms with van der Waals surface area (Å²) in [6.07, 6.45) is 13.0. The van der Waals surface area contributed by atoms with E-state index in [0.29, 0.717) is 18.6 Å². The molecule has 5 rings (SSSR count). The van der Waals surface area contributed by atoms with Gasteiger partial charge in [-0.25, -0.2) is 0 Å². The summed E-state index contributed by atoms with van der Waals surface area (Å²) in [4.78, 5) is 2.73. The second kappa shape index (κ2) is 10.2. The minimum absolute atomic E-state index is 0.370. The van der Waals surface area contributed by atoms with Crippen molar-refractivity contribution in [3.63, 3.8) is 0 Å². The molecule has 0 radical (unpaired) electrons. The monoisotopic (exact) mass is 560 g/mol. The molecule has 1 heterocycles. The molecule has 1 aromatic heterocycles. The second-order valence-corrected chi connectivity index (χ2v) is 11.7. The lowest BCUT2D eigenvalue weighted by molar-refractivity contribution is 0.0242. The Bertz CT molecular complexity index is 989. The van der Waals surface area contributed by atoms with Crippen LogP contribution in [-0.4, -0.2) is 39.3 Å². The standard InChI is InChI=1S/C27H34Br2N2O/c28-19-11-13-26-24(15-19)25-16-20(29)12-14-27(25)31(26)18-23(32)17-30(21-7-3-1-4-8-21)22-9-5-2-6-10-22/h11-16,21-23,32H,1-10,17-18H2. The first-order chi connectivity index (χ1) is 15.6. The fraction of sp³-hybridized carbons (Fsp3) is 0.556. The largest absolute Gasteiger partial charge is 0.390 e. The van der Waals surface area contributed by atoms with Crippen molar-refractivity contribution in [2.75, 3.05) is 6.54 Å². The van der Waals surface area contributed by atoms with Crippen molar-refractivity contribution in [2.45, 2.75) is 88.9 Å². The van der Waals surface area contributed by atoms with Gasteiger partial charge in [0, 0.05) is 49.4 Å². The van der Waals surface area contributed by atoms with E-state index < -0.39 is 0 Å². The molecule has 172 valence electrons. The molecule has 3 nitrogen and oxygen atoms in total. The first-order valence-corrected chi connectivity index (χ1v) is 14.0. The molecule has 0 bridgehead atoms.